The fraction of sp³-hybridized carbons (Fsp3) is 0.222. The maximum Gasteiger partial charge on any atom is 0.411 e. The Bertz CT molecular complexity index is 1680. The maximum absolute atomic E-state index is 15.1. The number of benzene rings is 2. The minimum absolute atomic E-state index is 0.234. The van der Waals surface area contributed by atoms with Gasteiger partial charge in [0.1, 0.15) is 18.8 Å². The fourth-order valence-electron chi connectivity index (χ4n) is 5.55. The van der Waals surface area contributed by atoms with Gasteiger partial charge in [0.25, 0.3) is 12.1 Å². The number of amides is 1. The summed E-state index contributed by atoms with van der Waals surface area (Å²) in [6.45, 7) is 0. The Labute approximate surface area is 230 Å². The van der Waals surface area contributed by atoms with Gasteiger partial charge in [0.2, 0.25) is 6.20 Å². The van der Waals surface area contributed by atoms with Crippen LogP contribution in [0.1, 0.15) is 35.5 Å². The number of methoxy groups -OCH3 is 1. The predicted octanol–water partition coefficient (Wildman–Crippen LogP) is 6.18. The van der Waals surface area contributed by atoms with Gasteiger partial charge in [-0.1, -0.05) is 29.3 Å². The van der Waals surface area contributed by atoms with Crippen LogP contribution in [-0.4, -0.2) is 29.9 Å². The van der Waals surface area contributed by atoms with E-state index in [2.05, 4.69) is 15.0 Å². The van der Waals surface area contributed by atoms with Crippen LogP contribution in [0.25, 0.3) is 22.4 Å². The number of imidazole rings is 1. The van der Waals surface area contributed by atoms with E-state index < -0.39 is 29.4 Å². The number of hydrogen-bond acceptors (Lipinski definition) is 4. The summed E-state index contributed by atoms with van der Waals surface area (Å²) in [5.74, 6) is -0.115. The average Bonchev–Trinajstić information content (AvgIpc) is 3.16. The van der Waals surface area contributed by atoms with Crippen molar-refractivity contribution >= 4 is 35.0 Å². The molecule has 39 heavy (non-hydrogen) atoms. The van der Waals surface area contributed by atoms with E-state index in [0.717, 1.165) is 34.9 Å². The van der Waals surface area contributed by atoms with E-state index in [-0.39, 0.29) is 16.1 Å². The van der Waals surface area contributed by atoms with E-state index in [1.165, 1.54) is 25.1 Å². The zero-order valence-corrected chi connectivity index (χ0v) is 22.1. The van der Waals surface area contributed by atoms with Crippen LogP contribution in [0.4, 0.5) is 23.7 Å². The summed E-state index contributed by atoms with van der Waals surface area (Å²) in [5.41, 5.74) is 2.45. The number of hydrogen-bond donors (Lipinski definition) is 1. The number of rotatable bonds is 5. The second-order valence-corrected chi connectivity index (χ2v) is 10.0. The molecule has 0 saturated carbocycles. The summed E-state index contributed by atoms with van der Waals surface area (Å²) in [6.07, 6.45) is 0.930. The molecule has 12 heteroatoms. The fourth-order valence-corrected chi connectivity index (χ4v) is 5.98. The molecule has 4 aromatic rings. The number of aromatic nitrogens is 3. The highest BCUT2D eigenvalue weighted by Crippen LogP contribution is 2.57. The van der Waals surface area contributed by atoms with Crippen molar-refractivity contribution in [1.29, 1.82) is 0 Å². The van der Waals surface area contributed by atoms with Gasteiger partial charge in [-0.15, -0.1) is 0 Å². The van der Waals surface area contributed by atoms with Gasteiger partial charge in [0.05, 0.1) is 34.6 Å². The molecule has 2 aromatic heterocycles. The van der Waals surface area contributed by atoms with Gasteiger partial charge in [-0.3, -0.25) is 10.2 Å². The molecule has 1 aliphatic carbocycles. The molecule has 3 heterocycles. The molecule has 6 rings (SSSR count). The zero-order chi connectivity index (χ0) is 27.6. The molecule has 1 amide bonds. The molecular weight excluding hydrogens is 556 g/mol. The molecule has 0 fully saturated rings. The first-order valence-corrected chi connectivity index (χ1v) is 12.6. The van der Waals surface area contributed by atoms with E-state index in [4.69, 9.17) is 28.0 Å². The van der Waals surface area contributed by atoms with E-state index in [9.17, 15) is 13.6 Å². The van der Waals surface area contributed by atoms with Crippen LogP contribution >= 0.6 is 23.2 Å². The van der Waals surface area contributed by atoms with Gasteiger partial charge in [-0.2, -0.15) is 0 Å². The monoisotopic (exact) mass is 575 g/mol. The SMILES string of the molecule is COC(=O)Nc1ccc(-c2cnc3n2C32CCc3cc(-c4c(C(F)F)ccc(Cl)c4F)c[n+](OC)c32)c(Cl)c1. The number of anilines is 1. The molecule has 1 spiro atoms. The summed E-state index contributed by atoms with van der Waals surface area (Å²) < 4.78 is 50.8. The third kappa shape index (κ3) is 3.76. The number of nitrogens with zero attached hydrogens (tertiary/aromatic N) is 3. The van der Waals surface area contributed by atoms with Crippen LogP contribution in [0, 0.1) is 5.82 Å². The van der Waals surface area contributed by atoms with E-state index >= 15 is 4.39 Å². The van der Waals surface area contributed by atoms with Gasteiger partial charge >= 0.3 is 6.09 Å². The van der Waals surface area contributed by atoms with E-state index in [0.29, 0.717) is 29.1 Å². The maximum atomic E-state index is 15.1. The van der Waals surface area contributed by atoms with Gasteiger partial charge in [0.15, 0.2) is 5.54 Å². The molecule has 0 bridgehead atoms. The molecule has 1 N–H and O–H groups in total. The van der Waals surface area contributed by atoms with Crippen LogP contribution in [0.2, 0.25) is 10.0 Å². The van der Waals surface area contributed by atoms with Gasteiger partial charge < -0.3 is 9.30 Å². The minimum atomic E-state index is -2.89. The topological polar surface area (TPSA) is 69.3 Å². The normalized spacial score (nSPS) is 16.8. The number of halogens is 5. The third-order valence-electron chi connectivity index (χ3n) is 7.25. The average molecular weight is 576 g/mol. The Balaban J connectivity index is 1.42. The minimum Gasteiger partial charge on any atom is -0.453 e. The lowest BCUT2D eigenvalue weighted by Crippen LogP contribution is -2.47. The van der Waals surface area contributed by atoms with E-state index in [1.54, 1.807) is 30.5 Å². The van der Waals surface area contributed by atoms with Crippen molar-refractivity contribution in [2.75, 3.05) is 19.5 Å². The number of aryl methyl sites for hydroxylation is 1. The van der Waals surface area contributed by atoms with E-state index in [1.807, 2.05) is 4.57 Å². The van der Waals surface area contributed by atoms with Crippen molar-refractivity contribution in [3.8, 4) is 22.4 Å². The smallest absolute Gasteiger partial charge is 0.411 e. The molecule has 2 aliphatic rings. The van der Waals surface area contributed by atoms with Crippen molar-refractivity contribution in [3.05, 3.63) is 87.3 Å². The number of fused-ring (bicyclic) bond motifs is 5. The van der Waals surface area contributed by atoms with Crippen molar-refractivity contribution < 1.29 is 32.3 Å². The molecule has 0 radical (unpaired) electrons. The number of alkyl halides is 2. The number of nitrogens with one attached hydrogen (secondary N) is 1. The Hall–Kier alpha value is -3.76. The lowest BCUT2D eigenvalue weighted by Gasteiger charge is -2.13. The summed E-state index contributed by atoms with van der Waals surface area (Å²) in [6, 6.07) is 9.07. The summed E-state index contributed by atoms with van der Waals surface area (Å²) in [4.78, 5) is 21.8. The summed E-state index contributed by atoms with van der Waals surface area (Å²) in [7, 11) is 2.72. The van der Waals surface area contributed by atoms with Crippen LogP contribution in [0.15, 0.2) is 48.8 Å². The van der Waals surface area contributed by atoms with Crippen molar-refractivity contribution in [3.63, 3.8) is 0 Å². The molecule has 7 nitrogen and oxygen atoms in total. The van der Waals surface area contributed by atoms with Crippen molar-refractivity contribution in [2.24, 2.45) is 0 Å². The van der Waals surface area contributed by atoms with Gasteiger partial charge in [-0.05, 0) is 43.2 Å². The van der Waals surface area contributed by atoms with Crippen LogP contribution in [-0.2, 0) is 16.7 Å². The number of carbonyl (C=O) groups excluding carboxylic acids is 1. The lowest BCUT2D eigenvalue weighted by atomic mass is 9.98. The first kappa shape index (κ1) is 25.5. The Kier molecular flexibility index (Phi) is 6.00. The number of pyridine rings is 1. The van der Waals surface area contributed by atoms with Crippen molar-refractivity contribution in [2.45, 2.75) is 24.8 Å². The second-order valence-electron chi connectivity index (χ2n) is 9.21. The largest absolute Gasteiger partial charge is 0.453 e. The van der Waals surface area contributed by atoms with Crippen LogP contribution in [0.5, 0.6) is 0 Å². The first-order chi connectivity index (χ1) is 18.7. The zero-order valence-electron chi connectivity index (χ0n) is 20.6. The highest BCUT2D eigenvalue weighted by molar-refractivity contribution is 6.33. The van der Waals surface area contributed by atoms with Crippen LogP contribution < -0.4 is 14.9 Å². The van der Waals surface area contributed by atoms with Gasteiger partial charge in [0, 0.05) is 32.7 Å². The number of carbonyl (C=O) groups is 1. The molecule has 1 unspecified atom stereocenters. The quantitative estimate of drug-likeness (QED) is 0.289. The summed E-state index contributed by atoms with van der Waals surface area (Å²) >= 11 is 12.5. The Morgan fingerprint density at radius 2 is 1.97 bits per heavy atom. The highest BCUT2D eigenvalue weighted by Gasteiger charge is 2.65. The Morgan fingerprint density at radius 1 is 1.18 bits per heavy atom. The Morgan fingerprint density at radius 3 is 2.67 bits per heavy atom. The molecular formula is C27H20Cl2F3N4O3+. The molecule has 200 valence electrons. The highest BCUT2D eigenvalue weighted by atomic mass is 35.5. The molecule has 1 atom stereocenters. The number of ether oxygens (including phenoxy) is 1. The molecule has 1 aliphatic heterocycles. The summed E-state index contributed by atoms with van der Waals surface area (Å²) in [5, 5.41) is 2.73. The lowest BCUT2D eigenvalue weighted by molar-refractivity contribution is -0.891. The standard InChI is InChI=1S/C27H19Cl2F3N4O3/c1-38-26(37)34-15-3-4-16(19(29)10-15)20-11-33-25-27(36(20)25)8-7-13-9-14(12-35(39-2)23(13)27)21-17(24(31)32)5-6-18(28)22(21)30/h3-6,9-12,24H,7-8H2,1-2H3/p+1. The van der Waals surface area contributed by atoms with Gasteiger partial charge in [-0.25, -0.2) is 22.9 Å². The molecule has 0 saturated heterocycles. The van der Waals surface area contributed by atoms with Crippen LogP contribution in [0.3, 0.4) is 0 Å². The second kappa shape index (κ2) is 9.17. The van der Waals surface area contributed by atoms with Crippen molar-refractivity contribution in [1.82, 2.24) is 9.55 Å². The third-order valence-corrected chi connectivity index (χ3v) is 7.85. The predicted molar refractivity (Wildman–Crippen MR) is 138 cm³/mol. The first-order valence-electron chi connectivity index (χ1n) is 11.8. The molecule has 2 aromatic carbocycles.